The summed E-state index contributed by atoms with van der Waals surface area (Å²) in [5.41, 5.74) is 6.95. The van der Waals surface area contributed by atoms with Crippen LogP contribution in [-0.4, -0.2) is 12.5 Å². The van der Waals surface area contributed by atoms with Crippen LogP contribution in [0.15, 0.2) is 12.1 Å². The fourth-order valence-electron chi connectivity index (χ4n) is 1.83. The molecular formula is C10H11FFeN2O. The van der Waals surface area contributed by atoms with Crippen LogP contribution in [0.2, 0.25) is 0 Å². The first-order valence-corrected chi connectivity index (χ1v) is 4.51. The Hall–Kier alpha value is -1.06. The Morgan fingerprint density at radius 2 is 2.20 bits per heavy atom. The summed E-state index contributed by atoms with van der Waals surface area (Å²) in [4.78, 5) is 12.9. The topological polar surface area (TPSA) is 46.3 Å². The quantitative estimate of drug-likeness (QED) is 0.603. The van der Waals surface area contributed by atoms with Gasteiger partial charge >= 0.3 is 0 Å². The van der Waals surface area contributed by atoms with E-state index in [-0.39, 0.29) is 29.4 Å². The van der Waals surface area contributed by atoms with Crippen molar-refractivity contribution in [3.05, 3.63) is 23.5 Å². The smallest absolute Gasteiger partial charge is 0.231 e. The monoisotopic (exact) mass is 250 g/mol. The van der Waals surface area contributed by atoms with Crippen LogP contribution in [0.3, 0.4) is 0 Å². The van der Waals surface area contributed by atoms with Crippen LogP contribution in [-0.2, 0) is 28.3 Å². The molecule has 2 N–H and O–H groups in total. The predicted molar refractivity (Wildman–Crippen MR) is 52.5 cm³/mol. The maximum Gasteiger partial charge on any atom is 0.231 e. The van der Waals surface area contributed by atoms with Crippen molar-refractivity contribution >= 4 is 17.3 Å². The average molecular weight is 250 g/mol. The number of halogens is 1. The number of carbonyl (C=O) groups excluding carboxylic acids is 1. The zero-order chi connectivity index (χ0) is 10.3. The molecular weight excluding hydrogens is 239 g/mol. The minimum Gasteiger partial charge on any atom is -0.399 e. The zero-order valence-electron chi connectivity index (χ0n) is 8.23. The van der Waals surface area contributed by atoms with Crippen molar-refractivity contribution < 1.29 is 26.3 Å². The molecule has 0 unspecified atom stereocenters. The van der Waals surface area contributed by atoms with E-state index >= 15 is 0 Å². The molecule has 1 aromatic carbocycles. The van der Waals surface area contributed by atoms with Crippen LogP contribution in [0.5, 0.6) is 0 Å². The summed E-state index contributed by atoms with van der Waals surface area (Å²) in [7, 11) is 0. The molecule has 5 heteroatoms. The Kier molecular flexibility index (Phi) is 3.37. The molecule has 3 nitrogen and oxygen atoms in total. The number of nitrogens with two attached hydrogens (primary N) is 1. The molecule has 1 heterocycles. The molecule has 0 atom stereocenters. The summed E-state index contributed by atoms with van der Waals surface area (Å²) in [6, 6.07) is 2.91. The number of hydrogen-bond donors (Lipinski definition) is 1. The van der Waals surface area contributed by atoms with Gasteiger partial charge in [0, 0.05) is 29.3 Å². The Morgan fingerprint density at radius 3 is 2.80 bits per heavy atom. The normalized spacial score (nSPS) is 13.7. The van der Waals surface area contributed by atoms with E-state index in [9.17, 15) is 9.18 Å². The van der Waals surface area contributed by atoms with Crippen molar-refractivity contribution in [3.8, 4) is 0 Å². The third-order valence-corrected chi connectivity index (χ3v) is 2.39. The van der Waals surface area contributed by atoms with Crippen molar-refractivity contribution in [1.29, 1.82) is 0 Å². The van der Waals surface area contributed by atoms with Gasteiger partial charge in [0.1, 0.15) is 5.82 Å². The molecule has 0 saturated heterocycles. The van der Waals surface area contributed by atoms with E-state index in [1.165, 1.54) is 11.0 Å². The Balaban J connectivity index is 0.00000112. The molecule has 0 aromatic heterocycles. The first kappa shape index (κ1) is 12.0. The van der Waals surface area contributed by atoms with E-state index in [0.29, 0.717) is 23.5 Å². The number of fused-ring (bicyclic) bond motifs is 1. The summed E-state index contributed by atoms with van der Waals surface area (Å²) < 4.78 is 13.5. The van der Waals surface area contributed by atoms with Crippen LogP contribution < -0.4 is 10.6 Å². The zero-order valence-corrected chi connectivity index (χ0v) is 9.34. The van der Waals surface area contributed by atoms with Crippen molar-refractivity contribution in [2.45, 2.75) is 13.3 Å². The van der Waals surface area contributed by atoms with Gasteiger partial charge in [0.15, 0.2) is 0 Å². The van der Waals surface area contributed by atoms with E-state index in [0.717, 1.165) is 0 Å². The fourth-order valence-corrected chi connectivity index (χ4v) is 1.83. The molecule has 1 amide bonds. The van der Waals surface area contributed by atoms with Crippen molar-refractivity contribution in [3.63, 3.8) is 0 Å². The number of anilines is 2. The third-order valence-electron chi connectivity index (χ3n) is 2.39. The number of carbonyl (C=O) groups is 1. The molecule has 15 heavy (non-hydrogen) atoms. The molecule has 0 fully saturated rings. The number of rotatable bonds is 1. The summed E-state index contributed by atoms with van der Waals surface area (Å²) in [5.74, 6) is -0.472. The number of hydrogen-bond acceptors (Lipinski definition) is 2. The van der Waals surface area contributed by atoms with Gasteiger partial charge in [0.25, 0.3) is 0 Å². The van der Waals surface area contributed by atoms with Crippen LogP contribution in [0, 0.1) is 5.82 Å². The van der Waals surface area contributed by atoms with Crippen molar-refractivity contribution in [1.82, 2.24) is 0 Å². The maximum absolute atomic E-state index is 13.5. The van der Waals surface area contributed by atoms with E-state index in [4.69, 9.17) is 5.73 Å². The summed E-state index contributed by atoms with van der Waals surface area (Å²) in [5, 5.41) is 0. The van der Waals surface area contributed by atoms with Gasteiger partial charge in [0.2, 0.25) is 5.91 Å². The summed E-state index contributed by atoms with van der Waals surface area (Å²) in [6.45, 7) is 2.31. The van der Waals surface area contributed by atoms with Gasteiger partial charge in [-0.25, -0.2) is 4.39 Å². The van der Waals surface area contributed by atoms with Crippen molar-refractivity contribution in [2.75, 3.05) is 17.2 Å². The average Bonchev–Trinajstić information content (AvgIpc) is 2.40. The predicted octanol–water partition coefficient (Wildman–Crippen LogP) is 1.31. The number of likely N-dealkylation sites (N-methyl/N-ethyl adjacent to an activating group) is 1. The maximum atomic E-state index is 13.5. The molecule has 0 spiro atoms. The van der Waals surface area contributed by atoms with Gasteiger partial charge in [-0.15, -0.1) is 0 Å². The number of benzene rings is 1. The number of nitrogens with zero attached hydrogens (tertiary/aromatic N) is 1. The second-order valence-electron chi connectivity index (χ2n) is 3.33. The third kappa shape index (κ3) is 1.85. The standard InChI is InChI=1S/C10H11FN2O.Fe/c1-2-13-9(14)4-6-3-7(12)5-8(11)10(6)13;/h3,5H,2,4,12H2,1H3;. The minimum absolute atomic E-state index is 0. The Labute approximate surface area is 97.9 Å². The minimum atomic E-state index is -0.410. The molecule has 1 aromatic rings. The van der Waals surface area contributed by atoms with Gasteiger partial charge in [-0.2, -0.15) is 0 Å². The number of amides is 1. The van der Waals surface area contributed by atoms with Crippen LogP contribution in [0.25, 0.3) is 0 Å². The second-order valence-corrected chi connectivity index (χ2v) is 3.33. The first-order chi connectivity index (χ1) is 6.63. The molecule has 0 bridgehead atoms. The number of nitrogen functional groups attached to an aromatic ring is 1. The van der Waals surface area contributed by atoms with E-state index < -0.39 is 5.82 Å². The molecule has 2 rings (SSSR count). The summed E-state index contributed by atoms with van der Waals surface area (Å²) in [6.07, 6.45) is 0.255. The SMILES string of the molecule is CCN1C(=O)Cc2cc(N)cc(F)c21.[Fe]. The van der Waals surface area contributed by atoms with Gasteiger partial charge in [-0.3, -0.25) is 4.79 Å². The molecule has 82 valence electrons. The first-order valence-electron chi connectivity index (χ1n) is 4.51. The van der Waals surface area contributed by atoms with Crippen LogP contribution in [0.4, 0.5) is 15.8 Å². The fraction of sp³-hybridized carbons (Fsp3) is 0.300. The van der Waals surface area contributed by atoms with E-state index in [2.05, 4.69) is 0 Å². The van der Waals surface area contributed by atoms with E-state index in [1.807, 2.05) is 6.92 Å². The summed E-state index contributed by atoms with van der Waals surface area (Å²) >= 11 is 0. The van der Waals surface area contributed by atoms with Crippen molar-refractivity contribution in [2.24, 2.45) is 0 Å². The van der Waals surface area contributed by atoms with Gasteiger partial charge in [-0.05, 0) is 24.6 Å². The second kappa shape index (κ2) is 4.21. The Morgan fingerprint density at radius 1 is 1.53 bits per heavy atom. The van der Waals surface area contributed by atoms with E-state index in [1.54, 1.807) is 6.07 Å². The van der Waals surface area contributed by atoms with Gasteiger partial charge < -0.3 is 10.6 Å². The Bertz CT molecular complexity index is 409. The molecule has 0 radical (unpaired) electrons. The molecule has 0 aliphatic carbocycles. The molecule has 1 aliphatic heterocycles. The van der Waals surface area contributed by atoms with Gasteiger partial charge in [-0.1, -0.05) is 0 Å². The van der Waals surface area contributed by atoms with Crippen LogP contribution >= 0.6 is 0 Å². The van der Waals surface area contributed by atoms with Gasteiger partial charge in [0.05, 0.1) is 12.1 Å². The molecule has 0 saturated carbocycles. The molecule has 1 aliphatic rings. The largest absolute Gasteiger partial charge is 0.399 e. The van der Waals surface area contributed by atoms with Crippen LogP contribution in [0.1, 0.15) is 12.5 Å².